The minimum Gasteiger partial charge on any atom is -0.395 e. The van der Waals surface area contributed by atoms with Crippen LogP contribution in [0.3, 0.4) is 0 Å². The number of hydrogen-bond acceptors (Lipinski definition) is 2. The van der Waals surface area contributed by atoms with Gasteiger partial charge in [0.15, 0.2) is 0 Å². The van der Waals surface area contributed by atoms with E-state index >= 15 is 0 Å². The van der Waals surface area contributed by atoms with Crippen LogP contribution in [0.5, 0.6) is 0 Å². The number of aliphatic hydroxyl groups is 1. The molecule has 1 N–H and O–H groups in total. The second-order valence-corrected chi connectivity index (χ2v) is 6.81. The zero-order valence-corrected chi connectivity index (χ0v) is 15.6. The molecule has 0 aromatic carbocycles. The van der Waals surface area contributed by atoms with Crippen molar-refractivity contribution in [2.75, 3.05) is 26.2 Å². The highest BCUT2D eigenvalue weighted by molar-refractivity contribution is 4.59. The van der Waals surface area contributed by atoms with Crippen molar-refractivity contribution in [1.29, 1.82) is 0 Å². The highest BCUT2D eigenvalue weighted by atomic mass is 16.3. The third-order valence-corrected chi connectivity index (χ3v) is 4.57. The van der Waals surface area contributed by atoms with Gasteiger partial charge in [-0.1, -0.05) is 90.9 Å². The van der Waals surface area contributed by atoms with Gasteiger partial charge in [-0.2, -0.15) is 0 Å². The lowest BCUT2D eigenvalue weighted by Gasteiger charge is -2.21. The maximum Gasteiger partial charge on any atom is 0.0558 e. The molecule has 0 rings (SSSR count). The maximum absolute atomic E-state index is 9.19. The standard InChI is InChI=1S/C20H43NO/c1-3-5-7-9-11-13-15-17-21(19-20-22)18-16-14-12-10-8-6-4-2/h22H,3-20H2,1-2H3. The Kier molecular flexibility index (Phi) is 18.9. The molecule has 0 radical (unpaired) electrons. The molecular formula is C20H43NO. The monoisotopic (exact) mass is 313 g/mol. The van der Waals surface area contributed by atoms with E-state index < -0.39 is 0 Å². The van der Waals surface area contributed by atoms with Crippen molar-refractivity contribution in [3.8, 4) is 0 Å². The van der Waals surface area contributed by atoms with Crippen molar-refractivity contribution < 1.29 is 5.11 Å². The Balaban J connectivity index is 3.44. The Morgan fingerprint density at radius 2 is 0.864 bits per heavy atom. The van der Waals surface area contributed by atoms with Gasteiger partial charge in [-0.25, -0.2) is 0 Å². The molecule has 0 aliphatic carbocycles. The van der Waals surface area contributed by atoms with Crippen LogP contribution in [0.25, 0.3) is 0 Å². The molecule has 2 heteroatoms. The SMILES string of the molecule is CCCCCCCCCN(CCO)CCCCCCCCC. The number of rotatable bonds is 18. The molecule has 22 heavy (non-hydrogen) atoms. The average Bonchev–Trinajstić information content (AvgIpc) is 2.53. The van der Waals surface area contributed by atoms with Crippen LogP contribution in [0.2, 0.25) is 0 Å². The maximum atomic E-state index is 9.19. The molecule has 0 saturated carbocycles. The summed E-state index contributed by atoms with van der Waals surface area (Å²) in [5.41, 5.74) is 0. The van der Waals surface area contributed by atoms with Crippen LogP contribution >= 0.6 is 0 Å². The van der Waals surface area contributed by atoms with E-state index in [1.807, 2.05) is 0 Å². The summed E-state index contributed by atoms with van der Waals surface area (Å²) in [5, 5.41) is 9.19. The first-order valence-electron chi connectivity index (χ1n) is 10.2. The lowest BCUT2D eigenvalue weighted by molar-refractivity contribution is 0.190. The third-order valence-electron chi connectivity index (χ3n) is 4.57. The Hall–Kier alpha value is -0.0800. The number of aliphatic hydroxyl groups excluding tert-OH is 1. The van der Waals surface area contributed by atoms with Crippen LogP contribution in [-0.4, -0.2) is 36.2 Å². The van der Waals surface area contributed by atoms with Crippen LogP contribution in [-0.2, 0) is 0 Å². The fourth-order valence-electron chi connectivity index (χ4n) is 3.06. The first kappa shape index (κ1) is 21.9. The van der Waals surface area contributed by atoms with Crippen LogP contribution < -0.4 is 0 Å². The Bertz CT molecular complexity index is 178. The van der Waals surface area contributed by atoms with Crippen molar-refractivity contribution in [3.63, 3.8) is 0 Å². The highest BCUT2D eigenvalue weighted by Crippen LogP contribution is 2.10. The van der Waals surface area contributed by atoms with Gasteiger partial charge >= 0.3 is 0 Å². The van der Waals surface area contributed by atoms with E-state index in [9.17, 15) is 5.11 Å². The first-order valence-corrected chi connectivity index (χ1v) is 10.2. The second-order valence-electron chi connectivity index (χ2n) is 6.81. The van der Waals surface area contributed by atoms with Crippen LogP contribution in [0.1, 0.15) is 104 Å². The molecule has 0 fully saturated rings. The van der Waals surface area contributed by atoms with Gasteiger partial charge in [-0.15, -0.1) is 0 Å². The van der Waals surface area contributed by atoms with E-state index in [1.165, 1.54) is 103 Å². The number of hydrogen-bond donors (Lipinski definition) is 1. The van der Waals surface area contributed by atoms with E-state index in [0.29, 0.717) is 6.61 Å². The molecule has 0 aromatic rings. The molecule has 0 aliphatic rings. The van der Waals surface area contributed by atoms with Crippen molar-refractivity contribution in [3.05, 3.63) is 0 Å². The predicted molar refractivity (Wildman–Crippen MR) is 99.5 cm³/mol. The number of unbranched alkanes of at least 4 members (excludes halogenated alkanes) is 12. The van der Waals surface area contributed by atoms with Crippen molar-refractivity contribution in [2.45, 2.75) is 104 Å². The van der Waals surface area contributed by atoms with E-state index in [-0.39, 0.29) is 0 Å². The van der Waals surface area contributed by atoms with Crippen molar-refractivity contribution >= 4 is 0 Å². The minimum absolute atomic E-state index is 0.312. The largest absolute Gasteiger partial charge is 0.395 e. The van der Waals surface area contributed by atoms with Crippen LogP contribution in [0, 0.1) is 0 Å². The topological polar surface area (TPSA) is 23.5 Å². The molecule has 0 bridgehead atoms. The molecule has 0 heterocycles. The molecule has 0 aromatic heterocycles. The van der Waals surface area contributed by atoms with Gasteiger partial charge in [0.25, 0.3) is 0 Å². The van der Waals surface area contributed by atoms with Gasteiger partial charge in [-0.3, -0.25) is 0 Å². The highest BCUT2D eigenvalue weighted by Gasteiger charge is 2.03. The summed E-state index contributed by atoms with van der Waals surface area (Å²) in [6.45, 7) is 8.10. The summed E-state index contributed by atoms with van der Waals surface area (Å²) in [5.74, 6) is 0. The average molecular weight is 314 g/mol. The second kappa shape index (κ2) is 19.0. The molecule has 0 aliphatic heterocycles. The van der Waals surface area contributed by atoms with E-state index in [4.69, 9.17) is 0 Å². The number of nitrogens with zero attached hydrogens (tertiary/aromatic N) is 1. The Morgan fingerprint density at radius 1 is 0.500 bits per heavy atom. The van der Waals surface area contributed by atoms with E-state index in [1.54, 1.807) is 0 Å². The molecule has 0 saturated heterocycles. The molecule has 0 spiro atoms. The summed E-state index contributed by atoms with van der Waals surface area (Å²) in [6, 6.07) is 0. The molecule has 2 nitrogen and oxygen atoms in total. The van der Waals surface area contributed by atoms with Crippen molar-refractivity contribution in [2.24, 2.45) is 0 Å². The Morgan fingerprint density at radius 3 is 1.23 bits per heavy atom. The molecule has 0 unspecified atom stereocenters. The minimum atomic E-state index is 0.312. The quantitative estimate of drug-likeness (QED) is 0.324. The summed E-state index contributed by atoms with van der Waals surface area (Å²) in [6.07, 6.45) is 19.2. The summed E-state index contributed by atoms with van der Waals surface area (Å²) in [7, 11) is 0. The van der Waals surface area contributed by atoms with Crippen LogP contribution in [0.4, 0.5) is 0 Å². The molecule has 134 valence electrons. The third kappa shape index (κ3) is 16.3. The van der Waals surface area contributed by atoms with Gasteiger partial charge in [0.1, 0.15) is 0 Å². The van der Waals surface area contributed by atoms with Gasteiger partial charge in [0.2, 0.25) is 0 Å². The fraction of sp³-hybridized carbons (Fsp3) is 1.00. The molecule has 0 amide bonds. The van der Waals surface area contributed by atoms with Gasteiger partial charge in [0, 0.05) is 6.54 Å². The van der Waals surface area contributed by atoms with E-state index in [2.05, 4.69) is 18.7 Å². The zero-order valence-electron chi connectivity index (χ0n) is 15.6. The predicted octanol–water partition coefficient (Wildman–Crippen LogP) is 5.78. The zero-order chi connectivity index (χ0) is 16.3. The van der Waals surface area contributed by atoms with Gasteiger partial charge < -0.3 is 10.0 Å². The molecule has 0 atom stereocenters. The van der Waals surface area contributed by atoms with Gasteiger partial charge in [0.05, 0.1) is 6.61 Å². The van der Waals surface area contributed by atoms with E-state index in [0.717, 1.165) is 6.54 Å². The summed E-state index contributed by atoms with van der Waals surface area (Å²) < 4.78 is 0. The lowest BCUT2D eigenvalue weighted by Crippen LogP contribution is -2.29. The van der Waals surface area contributed by atoms with Gasteiger partial charge in [-0.05, 0) is 25.9 Å². The van der Waals surface area contributed by atoms with Crippen LogP contribution in [0.15, 0.2) is 0 Å². The normalized spacial score (nSPS) is 11.5. The summed E-state index contributed by atoms with van der Waals surface area (Å²) in [4.78, 5) is 2.47. The molecular weight excluding hydrogens is 270 g/mol. The van der Waals surface area contributed by atoms with Crippen molar-refractivity contribution in [1.82, 2.24) is 4.90 Å². The summed E-state index contributed by atoms with van der Waals surface area (Å²) >= 11 is 0. The fourth-order valence-corrected chi connectivity index (χ4v) is 3.06. The smallest absolute Gasteiger partial charge is 0.0558 e. The Labute approximate surface area is 140 Å². The first-order chi connectivity index (χ1) is 10.8. The lowest BCUT2D eigenvalue weighted by atomic mass is 10.1.